The molecule has 1 N–H and O–H groups in total. The number of hydrogen-bond acceptors (Lipinski definition) is 3. The fourth-order valence-corrected chi connectivity index (χ4v) is 2.34. The van der Waals surface area contributed by atoms with E-state index in [0.717, 1.165) is 15.8 Å². The number of benzene rings is 1. The molecule has 15 heavy (non-hydrogen) atoms. The Balaban J connectivity index is 2.46. The van der Waals surface area contributed by atoms with Gasteiger partial charge in [0.2, 0.25) is 0 Å². The number of nitrogens with zero attached hydrogens (tertiary/aromatic N) is 1. The van der Waals surface area contributed by atoms with Crippen molar-refractivity contribution in [2.24, 2.45) is 0 Å². The molecule has 2 rings (SSSR count). The Labute approximate surface area is 97.3 Å². The molecular formula is C11H10ClNOS. The molecule has 0 fully saturated rings. The second kappa shape index (κ2) is 4.84. The van der Waals surface area contributed by atoms with E-state index in [1.165, 1.54) is 0 Å². The summed E-state index contributed by atoms with van der Waals surface area (Å²) in [6, 6.07) is 7.62. The van der Waals surface area contributed by atoms with Gasteiger partial charge in [-0.2, -0.15) is 0 Å². The van der Waals surface area contributed by atoms with E-state index in [1.807, 2.05) is 24.3 Å². The van der Waals surface area contributed by atoms with Gasteiger partial charge in [-0.3, -0.25) is 4.98 Å². The van der Waals surface area contributed by atoms with Crippen molar-refractivity contribution in [1.82, 2.24) is 4.98 Å². The van der Waals surface area contributed by atoms with Crippen LogP contribution in [0.25, 0.3) is 10.9 Å². The molecule has 0 aliphatic rings. The molecule has 1 aromatic carbocycles. The number of pyridine rings is 1. The van der Waals surface area contributed by atoms with E-state index >= 15 is 0 Å². The minimum absolute atomic E-state index is 0.183. The number of rotatable bonds is 3. The Morgan fingerprint density at radius 2 is 2.20 bits per heavy atom. The number of thioether (sulfide) groups is 1. The van der Waals surface area contributed by atoms with Crippen LogP contribution in [-0.2, 0) is 0 Å². The van der Waals surface area contributed by atoms with Crippen molar-refractivity contribution in [3.63, 3.8) is 0 Å². The monoisotopic (exact) mass is 239 g/mol. The maximum Gasteiger partial charge on any atom is 0.0728 e. The smallest absolute Gasteiger partial charge is 0.0728 e. The van der Waals surface area contributed by atoms with Gasteiger partial charge in [-0.25, -0.2) is 0 Å². The summed E-state index contributed by atoms with van der Waals surface area (Å²) in [5.74, 6) is 0.696. The number of aromatic nitrogens is 1. The Morgan fingerprint density at radius 1 is 1.33 bits per heavy atom. The molecule has 0 spiro atoms. The zero-order valence-corrected chi connectivity index (χ0v) is 9.55. The summed E-state index contributed by atoms with van der Waals surface area (Å²) in [6.45, 7) is 0.183. The van der Waals surface area contributed by atoms with Crippen molar-refractivity contribution < 1.29 is 5.11 Å². The van der Waals surface area contributed by atoms with Crippen molar-refractivity contribution in [3.05, 3.63) is 35.5 Å². The van der Waals surface area contributed by atoms with Crippen LogP contribution >= 0.6 is 23.4 Å². The van der Waals surface area contributed by atoms with Crippen LogP contribution in [0.15, 0.2) is 35.4 Å². The lowest BCUT2D eigenvalue weighted by atomic mass is 10.2. The normalized spacial score (nSPS) is 10.8. The first-order chi connectivity index (χ1) is 7.31. The highest BCUT2D eigenvalue weighted by molar-refractivity contribution is 7.99. The van der Waals surface area contributed by atoms with E-state index in [0.29, 0.717) is 10.8 Å². The summed E-state index contributed by atoms with van der Waals surface area (Å²) in [4.78, 5) is 5.38. The molecule has 78 valence electrons. The average Bonchev–Trinajstić information content (AvgIpc) is 2.25. The number of halogens is 1. The summed E-state index contributed by atoms with van der Waals surface area (Å²) in [7, 11) is 0. The van der Waals surface area contributed by atoms with E-state index in [2.05, 4.69) is 4.98 Å². The quantitative estimate of drug-likeness (QED) is 0.836. The molecule has 0 bridgehead atoms. The molecule has 0 amide bonds. The van der Waals surface area contributed by atoms with Crippen LogP contribution in [0.3, 0.4) is 0 Å². The Hall–Kier alpha value is -0.770. The average molecular weight is 240 g/mol. The minimum atomic E-state index is 0.183. The molecule has 0 radical (unpaired) electrons. The molecule has 0 aliphatic heterocycles. The third-order valence-electron chi connectivity index (χ3n) is 2.01. The fourth-order valence-electron chi connectivity index (χ4n) is 1.38. The van der Waals surface area contributed by atoms with Crippen LogP contribution in [0.1, 0.15) is 0 Å². The van der Waals surface area contributed by atoms with Gasteiger partial charge in [-0.1, -0.05) is 17.7 Å². The van der Waals surface area contributed by atoms with E-state index < -0.39 is 0 Å². The molecule has 1 heterocycles. The summed E-state index contributed by atoms with van der Waals surface area (Å²) >= 11 is 7.51. The highest BCUT2D eigenvalue weighted by Gasteiger charge is 2.02. The highest BCUT2D eigenvalue weighted by atomic mass is 35.5. The summed E-state index contributed by atoms with van der Waals surface area (Å²) in [6.07, 6.45) is 1.76. The molecule has 0 aliphatic carbocycles. The molecular weight excluding hydrogens is 230 g/mol. The van der Waals surface area contributed by atoms with E-state index in [4.69, 9.17) is 16.7 Å². The number of aliphatic hydroxyl groups excluding tert-OH is 1. The van der Waals surface area contributed by atoms with Gasteiger partial charge in [0.25, 0.3) is 0 Å². The molecule has 0 unspecified atom stereocenters. The summed E-state index contributed by atoms with van der Waals surface area (Å²) in [5.41, 5.74) is 0.894. The predicted molar refractivity (Wildman–Crippen MR) is 64.6 cm³/mol. The Morgan fingerprint density at radius 3 is 3.00 bits per heavy atom. The lowest BCUT2D eigenvalue weighted by Gasteiger charge is -2.04. The van der Waals surface area contributed by atoms with Crippen LogP contribution in [0.2, 0.25) is 5.02 Å². The highest BCUT2D eigenvalue weighted by Crippen LogP contribution is 2.27. The number of hydrogen-bond donors (Lipinski definition) is 1. The van der Waals surface area contributed by atoms with Crippen molar-refractivity contribution in [3.8, 4) is 0 Å². The molecule has 0 saturated heterocycles. The second-order valence-corrected chi connectivity index (χ2v) is 4.62. The lowest BCUT2D eigenvalue weighted by molar-refractivity contribution is 0.322. The molecule has 2 aromatic rings. The first-order valence-corrected chi connectivity index (χ1v) is 5.95. The second-order valence-electron chi connectivity index (χ2n) is 3.04. The third kappa shape index (κ3) is 2.43. The van der Waals surface area contributed by atoms with Crippen molar-refractivity contribution in [1.29, 1.82) is 0 Å². The van der Waals surface area contributed by atoms with Gasteiger partial charge in [0, 0.05) is 27.3 Å². The Bertz CT molecular complexity index is 475. The van der Waals surface area contributed by atoms with Crippen LogP contribution in [0.5, 0.6) is 0 Å². The van der Waals surface area contributed by atoms with Gasteiger partial charge in [0.05, 0.1) is 12.1 Å². The zero-order chi connectivity index (χ0) is 10.7. The summed E-state index contributed by atoms with van der Waals surface area (Å²) in [5, 5.41) is 10.6. The first kappa shape index (κ1) is 10.7. The zero-order valence-electron chi connectivity index (χ0n) is 7.98. The molecule has 0 saturated carbocycles. The third-order valence-corrected chi connectivity index (χ3v) is 3.30. The van der Waals surface area contributed by atoms with Gasteiger partial charge < -0.3 is 5.11 Å². The topological polar surface area (TPSA) is 33.1 Å². The van der Waals surface area contributed by atoms with E-state index in [9.17, 15) is 0 Å². The Kier molecular flexibility index (Phi) is 3.46. The molecule has 4 heteroatoms. The van der Waals surface area contributed by atoms with Crippen LogP contribution in [0.4, 0.5) is 0 Å². The molecule has 0 atom stereocenters. The largest absolute Gasteiger partial charge is 0.396 e. The van der Waals surface area contributed by atoms with Crippen molar-refractivity contribution in [2.75, 3.05) is 12.4 Å². The maximum absolute atomic E-state index is 8.79. The van der Waals surface area contributed by atoms with Crippen LogP contribution in [-0.4, -0.2) is 22.5 Å². The van der Waals surface area contributed by atoms with Gasteiger partial charge in [-0.05, 0) is 18.2 Å². The van der Waals surface area contributed by atoms with Gasteiger partial charge in [0.1, 0.15) is 0 Å². The van der Waals surface area contributed by atoms with E-state index in [-0.39, 0.29) is 6.61 Å². The lowest BCUT2D eigenvalue weighted by Crippen LogP contribution is -1.87. The van der Waals surface area contributed by atoms with Gasteiger partial charge in [-0.15, -0.1) is 11.8 Å². The van der Waals surface area contributed by atoms with Gasteiger partial charge >= 0.3 is 0 Å². The SMILES string of the molecule is OCCSc1ccnc2cc(Cl)ccc12. The van der Waals surface area contributed by atoms with Gasteiger partial charge in [0.15, 0.2) is 0 Å². The fraction of sp³-hybridized carbons (Fsp3) is 0.182. The maximum atomic E-state index is 8.79. The minimum Gasteiger partial charge on any atom is -0.396 e. The van der Waals surface area contributed by atoms with Crippen molar-refractivity contribution >= 4 is 34.3 Å². The first-order valence-electron chi connectivity index (χ1n) is 4.59. The standard InChI is InChI=1S/C11H10ClNOS/c12-8-1-2-9-10(7-8)13-4-3-11(9)15-6-5-14/h1-4,7,14H,5-6H2. The molecule has 1 aromatic heterocycles. The molecule has 2 nitrogen and oxygen atoms in total. The predicted octanol–water partition coefficient (Wildman–Crippen LogP) is 2.97. The van der Waals surface area contributed by atoms with Crippen LogP contribution in [0, 0.1) is 0 Å². The summed E-state index contributed by atoms with van der Waals surface area (Å²) < 4.78 is 0. The van der Waals surface area contributed by atoms with Crippen molar-refractivity contribution in [2.45, 2.75) is 4.90 Å². The number of fused-ring (bicyclic) bond motifs is 1. The van der Waals surface area contributed by atoms with Crippen LogP contribution < -0.4 is 0 Å². The van der Waals surface area contributed by atoms with E-state index in [1.54, 1.807) is 18.0 Å². The number of aliphatic hydroxyl groups is 1.